The molecule has 0 spiro atoms. The molecular formula is C19H22BrF3N2O2S. The molecule has 1 amide bonds. The molecule has 2 atom stereocenters. The van der Waals surface area contributed by atoms with Crippen LogP contribution in [0, 0.1) is 0 Å². The predicted molar refractivity (Wildman–Crippen MR) is 107 cm³/mol. The van der Waals surface area contributed by atoms with E-state index in [4.69, 9.17) is 4.74 Å². The quantitative estimate of drug-likeness (QED) is 0.543. The first-order chi connectivity index (χ1) is 12.8. The van der Waals surface area contributed by atoms with E-state index in [1.54, 1.807) is 27.0 Å². The Bertz CT molecular complexity index is 801. The van der Waals surface area contributed by atoms with Crippen LogP contribution in [-0.4, -0.2) is 22.7 Å². The highest BCUT2D eigenvalue weighted by Crippen LogP contribution is 2.36. The van der Waals surface area contributed by atoms with Crippen molar-refractivity contribution >= 4 is 33.4 Å². The largest absolute Gasteiger partial charge is 0.444 e. The highest BCUT2D eigenvalue weighted by molar-refractivity contribution is 9.11. The van der Waals surface area contributed by atoms with Gasteiger partial charge >= 0.3 is 12.3 Å². The molecule has 0 aliphatic rings. The van der Waals surface area contributed by atoms with Crippen LogP contribution in [0.3, 0.4) is 0 Å². The third-order valence-electron chi connectivity index (χ3n) is 3.79. The number of amides is 1. The van der Waals surface area contributed by atoms with Gasteiger partial charge in [-0.05, 0) is 67.7 Å². The van der Waals surface area contributed by atoms with Gasteiger partial charge in [0.05, 0.1) is 15.5 Å². The molecule has 2 unspecified atom stereocenters. The Morgan fingerprint density at radius 2 is 1.86 bits per heavy atom. The van der Waals surface area contributed by atoms with Crippen LogP contribution in [0.1, 0.15) is 56.2 Å². The molecule has 28 heavy (non-hydrogen) atoms. The summed E-state index contributed by atoms with van der Waals surface area (Å²) in [6, 6.07) is 4.78. The topological polar surface area (TPSA) is 51.2 Å². The van der Waals surface area contributed by atoms with Crippen molar-refractivity contribution in [2.75, 3.05) is 0 Å². The van der Waals surface area contributed by atoms with Crippen molar-refractivity contribution in [1.82, 2.24) is 10.3 Å². The second-order valence-corrected chi connectivity index (χ2v) is 9.90. The van der Waals surface area contributed by atoms with Crippen molar-refractivity contribution in [3.63, 3.8) is 0 Å². The van der Waals surface area contributed by atoms with Gasteiger partial charge in [0.15, 0.2) is 0 Å². The fourth-order valence-electron chi connectivity index (χ4n) is 2.63. The summed E-state index contributed by atoms with van der Waals surface area (Å²) in [5.41, 5.74) is -0.612. The van der Waals surface area contributed by atoms with Gasteiger partial charge in [-0.2, -0.15) is 13.2 Å². The van der Waals surface area contributed by atoms with Crippen molar-refractivity contribution in [2.24, 2.45) is 0 Å². The van der Waals surface area contributed by atoms with Gasteiger partial charge in [-0.1, -0.05) is 12.1 Å². The zero-order chi connectivity index (χ0) is 21.1. The van der Waals surface area contributed by atoms with Crippen LogP contribution >= 0.6 is 27.3 Å². The minimum Gasteiger partial charge on any atom is -0.444 e. The van der Waals surface area contributed by atoms with Gasteiger partial charge in [-0.3, -0.25) is 0 Å². The number of halogens is 4. The fraction of sp³-hybridized carbons (Fsp3) is 0.474. The van der Waals surface area contributed by atoms with Gasteiger partial charge in [-0.15, -0.1) is 11.3 Å². The zero-order valence-electron chi connectivity index (χ0n) is 15.9. The molecule has 4 nitrogen and oxygen atoms in total. The summed E-state index contributed by atoms with van der Waals surface area (Å²) in [6.07, 6.45) is -2.80. The summed E-state index contributed by atoms with van der Waals surface area (Å²) < 4.78 is 44.7. The Labute approximate surface area is 174 Å². The van der Waals surface area contributed by atoms with E-state index in [0.717, 1.165) is 20.9 Å². The van der Waals surface area contributed by atoms with Gasteiger partial charge in [-0.25, -0.2) is 9.78 Å². The van der Waals surface area contributed by atoms with Crippen LogP contribution in [0.15, 0.2) is 34.2 Å². The van der Waals surface area contributed by atoms with Gasteiger partial charge in [0, 0.05) is 12.0 Å². The molecule has 1 N–H and O–H groups in total. The predicted octanol–water partition coefficient (Wildman–Crippen LogP) is 6.36. The van der Waals surface area contributed by atoms with E-state index in [1.165, 1.54) is 23.5 Å². The van der Waals surface area contributed by atoms with Gasteiger partial charge in [0.2, 0.25) is 0 Å². The number of carbonyl (C=O) groups excluding carboxylic acids is 1. The number of hydrogen-bond donors (Lipinski definition) is 1. The Morgan fingerprint density at radius 3 is 2.32 bits per heavy atom. The summed E-state index contributed by atoms with van der Waals surface area (Å²) in [4.78, 5) is 16.4. The van der Waals surface area contributed by atoms with E-state index in [0.29, 0.717) is 12.0 Å². The number of alkyl halides is 3. The molecule has 1 heterocycles. The second-order valence-electron chi connectivity index (χ2n) is 7.46. The number of carbonyl (C=O) groups is 1. The minimum atomic E-state index is -4.39. The summed E-state index contributed by atoms with van der Waals surface area (Å²) in [6.45, 7) is 7.14. The third-order valence-corrected chi connectivity index (χ3v) is 5.38. The molecule has 154 valence electrons. The lowest BCUT2D eigenvalue weighted by Crippen LogP contribution is -2.38. The van der Waals surface area contributed by atoms with Gasteiger partial charge in [0.1, 0.15) is 10.6 Å². The van der Waals surface area contributed by atoms with Crippen LogP contribution in [0.5, 0.6) is 0 Å². The van der Waals surface area contributed by atoms with Crippen molar-refractivity contribution in [1.29, 1.82) is 0 Å². The van der Waals surface area contributed by atoms with Crippen LogP contribution in [0.4, 0.5) is 18.0 Å². The highest BCUT2D eigenvalue weighted by atomic mass is 79.9. The maximum Gasteiger partial charge on any atom is 0.416 e. The van der Waals surface area contributed by atoms with Gasteiger partial charge < -0.3 is 10.1 Å². The summed E-state index contributed by atoms with van der Waals surface area (Å²) in [5, 5.41) is 3.53. The lowest BCUT2D eigenvalue weighted by Gasteiger charge is -2.24. The third kappa shape index (κ3) is 6.77. The number of nitrogens with one attached hydrogen (secondary N) is 1. The number of ether oxygens (including phenoxy) is 1. The number of aromatic nitrogens is 1. The van der Waals surface area contributed by atoms with Crippen molar-refractivity contribution < 1.29 is 22.7 Å². The molecule has 1 aromatic heterocycles. The van der Waals surface area contributed by atoms with Crippen LogP contribution in [-0.2, 0) is 10.9 Å². The highest BCUT2D eigenvalue weighted by Gasteiger charge is 2.31. The van der Waals surface area contributed by atoms with E-state index in [2.05, 4.69) is 26.2 Å². The monoisotopic (exact) mass is 478 g/mol. The number of hydrogen-bond acceptors (Lipinski definition) is 4. The van der Waals surface area contributed by atoms with Crippen molar-refractivity contribution in [2.45, 2.75) is 57.9 Å². The second kappa shape index (κ2) is 8.82. The molecular weight excluding hydrogens is 457 g/mol. The van der Waals surface area contributed by atoms with E-state index in [9.17, 15) is 18.0 Å². The molecule has 1 aromatic carbocycles. The molecule has 0 aliphatic carbocycles. The Balaban J connectivity index is 2.20. The Kier molecular flexibility index (Phi) is 7.14. The number of thiazole rings is 1. The SMILES string of the molecule is CC(CC(c1ccc(C(F)(F)F)cc1)c1ncc(Br)s1)NC(=O)OC(C)(C)C. The van der Waals surface area contributed by atoms with E-state index >= 15 is 0 Å². The molecule has 0 radical (unpaired) electrons. The lowest BCUT2D eigenvalue weighted by molar-refractivity contribution is -0.137. The van der Waals surface area contributed by atoms with Gasteiger partial charge in [0.25, 0.3) is 0 Å². The first kappa shape index (κ1) is 22.7. The van der Waals surface area contributed by atoms with Crippen LogP contribution in [0.25, 0.3) is 0 Å². The van der Waals surface area contributed by atoms with Crippen LogP contribution in [0.2, 0.25) is 0 Å². The van der Waals surface area contributed by atoms with Crippen molar-refractivity contribution in [3.05, 3.63) is 50.4 Å². The average molecular weight is 479 g/mol. The normalized spacial score (nSPS) is 14.4. The molecule has 0 fully saturated rings. The smallest absolute Gasteiger partial charge is 0.416 e. The minimum absolute atomic E-state index is 0.261. The molecule has 0 bridgehead atoms. The summed E-state index contributed by atoms with van der Waals surface area (Å²) in [7, 11) is 0. The Morgan fingerprint density at radius 1 is 1.25 bits per heavy atom. The molecule has 9 heteroatoms. The number of benzene rings is 1. The van der Waals surface area contributed by atoms with E-state index in [1.807, 2.05) is 6.92 Å². The fourth-order valence-corrected chi connectivity index (χ4v) is 4.02. The first-order valence-electron chi connectivity index (χ1n) is 8.63. The van der Waals surface area contributed by atoms with E-state index in [-0.39, 0.29) is 12.0 Å². The average Bonchev–Trinajstić information content (AvgIpc) is 2.96. The molecule has 0 aliphatic heterocycles. The summed E-state index contributed by atoms with van der Waals surface area (Å²) >= 11 is 4.78. The zero-order valence-corrected chi connectivity index (χ0v) is 18.3. The molecule has 0 saturated carbocycles. The maximum atomic E-state index is 12.9. The van der Waals surface area contributed by atoms with Crippen molar-refractivity contribution in [3.8, 4) is 0 Å². The molecule has 2 rings (SSSR count). The molecule has 2 aromatic rings. The Hall–Kier alpha value is -1.61. The molecule has 0 saturated heterocycles. The standard InChI is InChI=1S/C19H22BrF3N2O2S/c1-11(25-17(26)27-18(2,3)4)9-14(16-24-10-15(20)28-16)12-5-7-13(8-6-12)19(21,22)23/h5-8,10-11,14H,9H2,1-4H3,(H,25,26). The summed E-state index contributed by atoms with van der Waals surface area (Å²) in [5.74, 6) is -0.261. The van der Waals surface area contributed by atoms with Crippen LogP contribution < -0.4 is 5.32 Å². The lowest BCUT2D eigenvalue weighted by atomic mass is 9.92. The van der Waals surface area contributed by atoms with E-state index < -0.39 is 23.4 Å². The maximum absolute atomic E-state index is 12.9. The first-order valence-corrected chi connectivity index (χ1v) is 10.2. The number of rotatable bonds is 5. The number of nitrogens with zero attached hydrogens (tertiary/aromatic N) is 1. The number of alkyl carbamates (subject to hydrolysis) is 1.